The molecule has 0 spiro atoms. The second kappa shape index (κ2) is 14.4. The van der Waals surface area contributed by atoms with Gasteiger partial charge in [0.25, 0.3) is 0 Å². The number of allylic oxidation sites excluding steroid dienone is 4. The van der Waals surface area contributed by atoms with Crippen LogP contribution in [-0.2, 0) is 0 Å². The zero-order valence-electron chi connectivity index (χ0n) is 17.8. The summed E-state index contributed by atoms with van der Waals surface area (Å²) in [5.74, 6) is 0. The normalized spacial score (nSPS) is 14.6. The Morgan fingerprint density at radius 3 is 1.08 bits per heavy atom. The lowest BCUT2D eigenvalue weighted by molar-refractivity contribution is 0.657. The molecule has 145 valence electrons. The van der Waals surface area contributed by atoms with Gasteiger partial charge in [-0.15, -0.1) is 0 Å². The van der Waals surface area contributed by atoms with E-state index in [0.29, 0.717) is 0 Å². The van der Waals surface area contributed by atoms with E-state index >= 15 is 0 Å². The molecule has 1 heterocycles. The van der Waals surface area contributed by atoms with Gasteiger partial charge in [-0.3, -0.25) is 5.32 Å². The average molecular weight is 347 g/mol. The van der Waals surface area contributed by atoms with Gasteiger partial charge in [-0.05, 0) is 62.5 Å². The van der Waals surface area contributed by atoms with Crippen LogP contribution in [0.5, 0.6) is 0 Å². The highest BCUT2D eigenvalue weighted by Gasteiger charge is 2.24. The van der Waals surface area contributed by atoms with E-state index in [9.17, 15) is 0 Å². The fourth-order valence-electron chi connectivity index (χ4n) is 3.84. The topological polar surface area (TPSA) is 14.1 Å². The molecule has 0 saturated carbocycles. The SMILES string of the molecule is CCCCCC1=C(CCCCC)C(CCCCC)=C(CCCCC)[N]1. The Labute approximate surface area is 158 Å². The van der Waals surface area contributed by atoms with Crippen LogP contribution in [0.15, 0.2) is 22.5 Å². The van der Waals surface area contributed by atoms with Crippen molar-refractivity contribution in [3.8, 4) is 0 Å². The molecule has 1 rings (SSSR count). The molecule has 0 bridgehead atoms. The van der Waals surface area contributed by atoms with Crippen molar-refractivity contribution >= 4 is 0 Å². The van der Waals surface area contributed by atoms with Gasteiger partial charge < -0.3 is 0 Å². The molecular formula is C24H44N. The lowest BCUT2D eigenvalue weighted by atomic mass is 9.92. The Morgan fingerprint density at radius 1 is 0.440 bits per heavy atom. The first-order valence-electron chi connectivity index (χ1n) is 11.4. The molecule has 25 heavy (non-hydrogen) atoms. The molecule has 1 heteroatoms. The van der Waals surface area contributed by atoms with E-state index in [1.807, 2.05) is 0 Å². The van der Waals surface area contributed by atoms with Crippen molar-refractivity contribution < 1.29 is 0 Å². The average Bonchev–Trinajstić information content (AvgIpc) is 2.93. The molecule has 0 unspecified atom stereocenters. The van der Waals surface area contributed by atoms with E-state index in [1.165, 1.54) is 114 Å². The maximum atomic E-state index is 5.21. The van der Waals surface area contributed by atoms with Crippen LogP contribution in [0, 0.1) is 0 Å². The maximum Gasteiger partial charge on any atom is 0.0442 e. The molecule has 0 aromatic heterocycles. The highest BCUT2D eigenvalue weighted by Crippen LogP contribution is 2.37. The molecular weight excluding hydrogens is 302 g/mol. The van der Waals surface area contributed by atoms with Crippen LogP contribution in [0.3, 0.4) is 0 Å². The van der Waals surface area contributed by atoms with Crippen molar-refractivity contribution in [2.75, 3.05) is 0 Å². The summed E-state index contributed by atoms with van der Waals surface area (Å²) in [6.07, 6.45) is 20.9. The number of rotatable bonds is 16. The molecule has 0 atom stereocenters. The minimum absolute atomic E-state index is 1.21. The lowest BCUT2D eigenvalue weighted by Crippen LogP contribution is -2.01. The van der Waals surface area contributed by atoms with Crippen LogP contribution in [-0.4, -0.2) is 0 Å². The summed E-state index contributed by atoms with van der Waals surface area (Å²) < 4.78 is 0. The Balaban J connectivity index is 2.84. The van der Waals surface area contributed by atoms with Gasteiger partial charge in [-0.25, -0.2) is 0 Å². The summed E-state index contributed by atoms with van der Waals surface area (Å²) in [7, 11) is 0. The zero-order chi connectivity index (χ0) is 18.3. The summed E-state index contributed by atoms with van der Waals surface area (Å²) in [5, 5.41) is 5.21. The standard InChI is InChI=1S/C24H44N/c1-5-9-13-17-21-22(18-14-10-6-2)24(20-16-12-8-4)25-23(21)19-15-11-7-3/h5-20H2,1-4H3. The zero-order valence-corrected chi connectivity index (χ0v) is 17.8. The van der Waals surface area contributed by atoms with E-state index in [-0.39, 0.29) is 0 Å². The number of nitrogens with zero attached hydrogens (tertiary/aromatic N) is 1. The molecule has 0 aromatic rings. The predicted octanol–water partition coefficient (Wildman–Crippen LogP) is 8.43. The van der Waals surface area contributed by atoms with Crippen molar-refractivity contribution in [2.45, 2.75) is 130 Å². The quantitative estimate of drug-likeness (QED) is 0.249. The van der Waals surface area contributed by atoms with Crippen LogP contribution in [0.25, 0.3) is 0 Å². The third kappa shape index (κ3) is 8.47. The minimum atomic E-state index is 1.21. The van der Waals surface area contributed by atoms with Crippen molar-refractivity contribution in [3.05, 3.63) is 22.5 Å². The first-order chi connectivity index (χ1) is 12.3. The maximum absolute atomic E-state index is 5.21. The molecule has 0 saturated heterocycles. The van der Waals surface area contributed by atoms with Crippen LogP contribution >= 0.6 is 0 Å². The van der Waals surface area contributed by atoms with Gasteiger partial charge in [-0.1, -0.05) is 79.1 Å². The molecule has 0 N–H and O–H groups in total. The Hall–Kier alpha value is -0.720. The molecule has 1 nitrogen and oxygen atoms in total. The summed E-state index contributed by atoms with van der Waals surface area (Å²) in [5.41, 5.74) is 6.30. The third-order valence-corrected chi connectivity index (χ3v) is 5.43. The van der Waals surface area contributed by atoms with Gasteiger partial charge in [0.1, 0.15) is 0 Å². The van der Waals surface area contributed by atoms with E-state index < -0.39 is 0 Å². The van der Waals surface area contributed by atoms with Crippen LogP contribution in [0.4, 0.5) is 0 Å². The molecule has 0 amide bonds. The van der Waals surface area contributed by atoms with Crippen LogP contribution in [0.2, 0.25) is 0 Å². The van der Waals surface area contributed by atoms with Crippen molar-refractivity contribution in [3.63, 3.8) is 0 Å². The molecule has 1 aliphatic rings. The third-order valence-electron chi connectivity index (χ3n) is 5.43. The van der Waals surface area contributed by atoms with Gasteiger partial charge in [-0.2, -0.15) is 0 Å². The summed E-state index contributed by atoms with van der Waals surface area (Å²) in [4.78, 5) is 0. The minimum Gasteiger partial charge on any atom is -0.257 e. The smallest absolute Gasteiger partial charge is 0.0442 e. The number of hydrogen-bond donors (Lipinski definition) is 0. The van der Waals surface area contributed by atoms with Gasteiger partial charge in [0.2, 0.25) is 0 Å². The van der Waals surface area contributed by atoms with Crippen molar-refractivity contribution in [1.82, 2.24) is 5.32 Å². The molecule has 0 aromatic carbocycles. The predicted molar refractivity (Wildman–Crippen MR) is 113 cm³/mol. The first-order valence-corrected chi connectivity index (χ1v) is 11.4. The first kappa shape index (κ1) is 22.3. The van der Waals surface area contributed by atoms with Crippen LogP contribution in [0.1, 0.15) is 130 Å². The van der Waals surface area contributed by atoms with E-state index in [2.05, 4.69) is 27.7 Å². The highest BCUT2D eigenvalue weighted by molar-refractivity contribution is 5.45. The molecule has 0 fully saturated rings. The van der Waals surface area contributed by atoms with Gasteiger partial charge in [0, 0.05) is 11.4 Å². The largest absolute Gasteiger partial charge is 0.257 e. The molecule has 1 aliphatic heterocycles. The Bertz CT molecular complexity index is 364. The Kier molecular flexibility index (Phi) is 12.9. The van der Waals surface area contributed by atoms with Gasteiger partial charge in [0.05, 0.1) is 0 Å². The van der Waals surface area contributed by atoms with E-state index in [1.54, 1.807) is 11.1 Å². The highest BCUT2D eigenvalue weighted by atomic mass is 14.9. The summed E-state index contributed by atoms with van der Waals surface area (Å²) in [6.45, 7) is 9.22. The second-order valence-electron chi connectivity index (χ2n) is 7.79. The fourth-order valence-corrected chi connectivity index (χ4v) is 3.84. The fraction of sp³-hybridized carbons (Fsp3) is 0.833. The summed E-state index contributed by atoms with van der Waals surface area (Å²) >= 11 is 0. The number of hydrogen-bond acceptors (Lipinski definition) is 0. The summed E-state index contributed by atoms with van der Waals surface area (Å²) in [6, 6.07) is 0. The van der Waals surface area contributed by atoms with Crippen LogP contribution < -0.4 is 5.32 Å². The Morgan fingerprint density at radius 2 is 0.760 bits per heavy atom. The van der Waals surface area contributed by atoms with Crippen molar-refractivity contribution in [1.29, 1.82) is 0 Å². The monoisotopic (exact) mass is 346 g/mol. The lowest BCUT2D eigenvalue weighted by Gasteiger charge is -2.11. The van der Waals surface area contributed by atoms with Gasteiger partial charge >= 0.3 is 0 Å². The van der Waals surface area contributed by atoms with Gasteiger partial charge in [0.15, 0.2) is 0 Å². The van der Waals surface area contributed by atoms with E-state index in [4.69, 9.17) is 5.32 Å². The van der Waals surface area contributed by atoms with Crippen molar-refractivity contribution in [2.24, 2.45) is 0 Å². The molecule has 1 radical (unpaired) electrons. The second-order valence-corrected chi connectivity index (χ2v) is 7.79. The molecule has 0 aliphatic carbocycles. The number of unbranched alkanes of at least 4 members (excludes halogenated alkanes) is 8. The van der Waals surface area contributed by atoms with E-state index in [0.717, 1.165) is 0 Å².